The first-order chi connectivity index (χ1) is 16.0. The Hall–Kier alpha value is -3.13. The molecule has 1 aliphatic carbocycles. The summed E-state index contributed by atoms with van der Waals surface area (Å²) in [5.41, 5.74) is 9.04. The molecule has 0 spiro atoms. The average Bonchev–Trinajstić information content (AvgIpc) is 3.49. The molecule has 3 N–H and O–H groups in total. The summed E-state index contributed by atoms with van der Waals surface area (Å²) in [4.78, 5) is 20.2. The quantitative estimate of drug-likeness (QED) is 0.598. The SMILES string of the molecule is CC(=O)NC1CC(n2cc(-c3cccc(OC[C@]45CC[C@H](CC4)O5)c3)c3c(N)ncnc32)C1. The van der Waals surface area contributed by atoms with Crippen LogP contribution in [0.15, 0.2) is 36.8 Å². The maximum atomic E-state index is 11.4. The molecular weight excluding hydrogens is 418 g/mol. The Labute approximate surface area is 192 Å². The molecule has 1 amide bonds. The zero-order valence-corrected chi connectivity index (χ0v) is 18.8. The lowest BCUT2D eigenvalue weighted by Gasteiger charge is -2.36. The van der Waals surface area contributed by atoms with Crippen molar-refractivity contribution in [1.82, 2.24) is 19.9 Å². The second kappa shape index (κ2) is 7.73. The van der Waals surface area contributed by atoms with E-state index in [1.165, 1.54) is 6.33 Å². The van der Waals surface area contributed by atoms with E-state index in [1.807, 2.05) is 12.1 Å². The number of nitrogens with zero attached hydrogens (tertiary/aromatic N) is 3. The highest BCUT2D eigenvalue weighted by Gasteiger charge is 2.46. The first kappa shape index (κ1) is 20.5. The lowest BCUT2D eigenvalue weighted by atomic mass is 9.86. The van der Waals surface area contributed by atoms with Gasteiger partial charge in [-0.25, -0.2) is 9.97 Å². The van der Waals surface area contributed by atoms with E-state index in [0.717, 1.165) is 66.4 Å². The van der Waals surface area contributed by atoms with E-state index in [2.05, 4.69) is 38.2 Å². The van der Waals surface area contributed by atoms with Crippen molar-refractivity contribution >= 4 is 22.8 Å². The lowest BCUT2D eigenvalue weighted by molar-refractivity contribution is -0.120. The summed E-state index contributed by atoms with van der Waals surface area (Å²) < 4.78 is 14.6. The van der Waals surface area contributed by atoms with Crippen molar-refractivity contribution in [3.63, 3.8) is 0 Å². The Morgan fingerprint density at radius 3 is 2.85 bits per heavy atom. The number of hydrogen-bond donors (Lipinski definition) is 2. The largest absolute Gasteiger partial charge is 0.491 e. The van der Waals surface area contributed by atoms with E-state index in [0.29, 0.717) is 18.5 Å². The number of nitrogens with two attached hydrogens (primary N) is 1. The van der Waals surface area contributed by atoms with E-state index in [4.69, 9.17) is 15.2 Å². The maximum Gasteiger partial charge on any atom is 0.217 e. The van der Waals surface area contributed by atoms with Crippen LogP contribution in [-0.4, -0.2) is 44.8 Å². The Morgan fingerprint density at radius 1 is 1.30 bits per heavy atom. The number of anilines is 1. The minimum absolute atomic E-state index is 0.00977. The van der Waals surface area contributed by atoms with Crippen LogP contribution in [0.2, 0.25) is 0 Å². The summed E-state index contributed by atoms with van der Waals surface area (Å²) in [5.74, 6) is 1.30. The van der Waals surface area contributed by atoms with Crippen molar-refractivity contribution in [2.45, 2.75) is 69.2 Å². The van der Waals surface area contributed by atoms with E-state index in [-0.39, 0.29) is 23.6 Å². The molecular formula is C25H29N5O3. The number of benzene rings is 1. The molecule has 2 aromatic heterocycles. The third-order valence-electron chi connectivity index (χ3n) is 7.46. The molecule has 8 nitrogen and oxygen atoms in total. The number of fused-ring (bicyclic) bond motifs is 3. The standard InChI is InChI=1S/C25H29N5O3/c1-15(31)29-17-10-18(11-17)30-12-21(22-23(26)27-14-28-24(22)30)16-3-2-4-20(9-16)32-13-25-7-5-19(33-25)6-8-25/h2-4,9,12,14,17-19H,5-8,10-11,13H2,1H3,(H,29,31)(H2,26,27,28)/t17?,18?,19-,25+. The Bertz CT molecular complexity index is 1210. The van der Waals surface area contributed by atoms with Gasteiger partial charge in [0.05, 0.1) is 11.5 Å². The molecule has 1 saturated carbocycles. The highest BCUT2D eigenvalue weighted by atomic mass is 16.6. The van der Waals surface area contributed by atoms with Crippen molar-refractivity contribution in [2.24, 2.45) is 0 Å². The first-order valence-electron chi connectivity index (χ1n) is 11.8. The van der Waals surface area contributed by atoms with Crippen LogP contribution in [0.5, 0.6) is 5.75 Å². The zero-order chi connectivity index (χ0) is 22.6. The monoisotopic (exact) mass is 447 g/mol. The molecule has 172 valence electrons. The molecule has 2 saturated heterocycles. The molecule has 0 unspecified atom stereocenters. The number of carbonyl (C=O) groups excluding carboxylic acids is 1. The predicted molar refractivity (Wildman–Crippen MR) is 125 cm³/mol. The number of carbonyl (C=O) groups is 1. The van der Waals surface area contributed by atoms with Crippen LogP contribution in [-0.2, 0) is 9.53 Å². The molecule has 6 rings (SSSR count). The Kier molecular flexibility index (Phi) is 4.79. The molecule has 0 radical (unpaired) electrons. The van der Waals surface area contributed by atoms with Crippen LogP contribution in [0.4, 0.5) is 5.82 Å². The van der Waals surface area contributed by atoms with Crippen molar-refractivity contribution in [2.75, 3.05) is 12.3 Å². The van der Waals surface area contributed by atoms with Gasteiger partial charge in [-0.1, -0.05) is 12.1 Å². The van der Waals surface area contributed by atoms with Crippen molar-refractivity contribution < 1.29 is 14.3 Å². The van der Waals surface area contributed by atoms with Gasteiger partial charge >= 0.3 is 0 Å². The van der Waals surface area contributed by atoms with Gasteiger partial charge in [0.1, 0.15) is 35.7 Å². The lowest BCUT2D eigenvalue weighted by Crippen LogP contribution is -2.44. The van der Waals surface area contributed by atoms with E-state index < -0.39 is 0 Å². The molecule has 2 aliphatic heterocycles. The summed E-state index contributed by atoms with van der Waals surface area (Å²) >= 11 is 0. The Balaban J connectivity index is 1.28. The first-order valence-corrected chi connectivity index (χ1v) is 11.8. The molecule has 2 bridgehead atoms. The molecule has 1 aromatic carbocycles. The minimum atomic E-state index is -0.108. The third-order valence-corrected chi connectivity index (χ3v) is 7.46. The van der Waals surface area contributed by atoms with Crippen LogP contribution in [0, 0.1) is 0 Å². The summed E-state index contributed by atoms with van der Waals surface area (Å²) in [6.45, 7) is 2.15. The summed E-state index contributed by atoms with van der Waals surface area (Å²) in [6.07, 6.45) is 10.3. The number of ether oxygens (including phenoxy) is 2. The van der Waals surface area contributed by atoms with Gasteiger partial charge in [-0.15, -0.1) is 0 Å². The van der Waals surface area contributed by atoms with Crippen molar-refractivity contribution in [3.8, 4) is 16.9 Å². The molecule has 8 heteroatoms. The van der Waals surface area contributed by atoms with Crippen LogP contribution in [0.1, 0.15) is 51.5 Å². The number of aromatic nitrogens is 3. The normalized spacial score (nSPS) is 28.1. The van der Waals surface area contributed by atoms with Gasteiger partial charge in [0.2, 0.25) is 5.91 Å². The van der Waals surface area contributed by atoms with E-state index in [1.54, 1.807) is 6.92 Å². The van der Waals surface area contributed by atoms with E-state index >= 15 is 0 Å². The van der Waals surface area contributed by atoms with Crippen LogP contribution in [0.25, 0.3) is 22.2 Å². The molecule has 3 fully saturated rings. The smallest absolute Gasteiger partial charge is 0.217 e. The van der Waals surface area contributed by atoms with E-state index in [9.17, 15) is 4.79 Å². The predicted octanol–water partition coefficient (Wildman–Crippen LogP) is 3.61. The number of amides is 1. The zero-order valence-electron chi connectivity index (χ0n) is 18.8. The summed E-state index contributed by atoms with van der Waals surface area (Å²) in [6, 6.07) is 8.59. The van der Waals surface area contributed by atoms with Gasteiger partial charge < -0.3 is 25.1 Å². The van der Waals surface area contributed by atoms with Gasteiger partial charge in [-0.2, -0.15) is 0 Å². The topological polar surface area (TPSA) is 104 Å². The molecule has 4 heterocycles. The fourth-order valence-corrected chi connectivity index (χ4v) is 5.68. The fourth-order valence-electron chi connectivity index (χ4n) is 5.68. The highest BCUT2D eigenvalue weighted by Crippen LogP contribution is 2.44. The van der Waals surface area contributed by atoms with Crippen molar-refractivity contribution in [3.05, 3.63) is 36.8 Å². The average molecular weight is 448 g/mol. The molecule has 3 aliphatic rings. The molecule has 3 aromatic rings. The number of nitrogens with one attached hydrogen (secondary N) is 1. The fraction of sp³-hybridized carbons (Fsp3) is 0.480. The van der Waals surface area contributed by atoms with Gasteiger partial charge in [0.15, 0.2) is 0 Å². The van der Waals surface area contributed by atoms with Crippen LogP contribution in [0.3, 0.4) is 0 Å². The third kappa shape index (κ3) is 3.62. The second-order valence-electron chi connectivity index (χ2n) is 9.75. The summed E-state index contributed by atoms with van der Waals surface area (Å²) in [7, 11) is 0. The second-order valence-corrected chi connectivity index (χ2v) is 9.75. The maximum absolute atomic E-state index is 11.4. The highest BCUT2D eigenvalue weighted by molar-refractivity contribution is 6.00. The number of nitrogen functional groups attached to an aromatic ring is 1. The Morgan fingerprint density at radius 2 is 2.12 bits per heavy atom. The van der Waals surface area contributed by atoms with Crippen LogP contribution >= 0.6 is 0 Å². The van der Waals surface area contributed by atoms with Gasteiger partial charge in [-0.05, 0) is 56.2 Å². The van der Waals surface area contributed by atoms with Gasteiger partial charge in [0, 0.05) is 30.8 Å². The van der Waals surface area contributed by atoms with Gasteiger partial charge in [0.25, 0.3) is 0 Å². The van der Waals surface area contributed by atoms with Crippen LogP contribution < -0.4 is 15.8 Å². The summed E-state index contributed by atoms with van der Waals surface area (Å²) in [5, 5.41) is 3.85. The van der Waals surface area contributed by atoms with Gasteiger partial charge in [-0.3, -0.25) is 4.79 Å². The number of rotatable bonds is 6. The van der Waals surface area contributed by atoms with Crippen molar-refractivity contribution in [1.29, 1.82) is 0 Å². The number of hydrogen-bond acceptors (Lipinski definition) is 6. The molecule has 0 atom stereocenters. The molecule has 33 heavy (non-hydrogen) atoms. The minimum Gasteiger partial charge on any atom is -0.491 e.